The molecule has 1 saturated heterocycles. The lowest BCUT2D eigenvalue weighted by Gasteiger charge is -2.33. The van der Waals surface area contributed by atoms with E-state index in [-0.39, 0.29) is 11.1 Å². The van der Waals surface area contributed by atoms with Gasteiger partial charge in [-0.2, -0.15) is 0 Å². The van der Waals surface area contributed by atoms with E-state index in [2.05, 4.69) is 21.8 Å². The predicted molar refractivity (Wildman–Crippen MR) is 96.5 cm³/mol. The summed E-state index contributed by atoms with van der Waals surface area (Å²) in [7, 11) is -3.95. The summed E-state index contributed by atoms with van der Waals surface area (Å²) >= 11 is 5.70. The Morgan fingerprint density at radius 3 is 2.68 bits per heavy atom. The number of piperidine rings is 1. The topological polar surface area (TPSA) is 49.4 Å². The molecule has 0 aromatic heterocycles. The molecule has 3 rings (SSSR count). The summed E-state index contributed by atoms with van der Waals surface area (Å²) < 4.78 is 41.7. The Morgan fingerprint density at radius 1 is 1.16 bits per heavy atom. The molecule has 1 fully saturated rings. The summed E-state index contributed by atoms with van der Waals surface area (Å²) in [6.45, 7) is 2.28. The van der Waals surface area contributed by atoms with Gasteiger partial charge in [-0.1, -0.05) is 48.0 Å². The van der Waals surface area contributed by atoms with Crippen LogP contribution in [0.5, 0.6) is 0 Å². The Balaban J connectivity index is 1.68. The van der Waals surface area contributed by atoms with Crippen molar-refractivity contribution < 1.29 is 12.8 Å². The molecular weight excluding hydrogens is 363 g/mol. The van der Waals surface area contributed by atoms with Gasteiger partial charge in [-0.05, 0) is 37.1 Å². The van der Waals surface area contributed by atoms with E-state index in [0.29, 0.717) is 6.54 Å². The van der Waals surface area contributed by atoms with Gasteiger partial charge in [0.05, 0.1) is 5.02 Å². The van der Waals surface area contributed by atoms with E-state index in [1.807, 2.05) is 18.2 Å². The van der Waals surface area contributed by atoms with Gasteiger partial charge in [-0.25, -0.2) is 17.5 Å². The molecule has 0 aliphatic carbocycles. The second-order valence-corrected chi connectivity index (χ2v) is 8.32. The van der Waals surface area contributed by atoms with Gasteiger partial charge in [0.1, 0.15) is 4.90 Å². The normalized spacial score (nSPS) is 19.0. The first-order valence-electron chi connectivity index (χ1n) is 8.18. The molecule has 0 amide bonds. The van der Waals surface area contributed by atoms with Crippen LogP contribution < -0.4 is 4.72 Å². The van der Waals surface area contributed by atoms with Crippen molar-refractivity contribution in [1.82, 2.24) is 9.62 Å². The monoisotopic (exact) mass is 382 g/mol. The number of nitrogens with zero attached hydrogens (tertiary/aromatic N) is 1. The Bertz CT molecular complexity index is 830. The molecule has 0 saturated carbocycles. The van der Waals surface area contributed by atoms with Crippen LogP contribution in [0.25, 0.3) is 0 Å². The maximum absolute atomic E-state index is 14.1. The average molecular weight is 383 g/mol. The van der Waals surface area contributed by atoms with Gasteiger partial charge in [0, 0.05) is 19.1 Å². The SMILES string of the molecule is O=S(=O)(N[C@H]1CCCN(Cc2ccccc2)C1)c1cccc(Cl)c1F. The summed E-state index contributed by atoms with van der Waals surface area (Å²) in [6, 6.07) is 13.8. The maximum atomic E-state index is 14.1. The van der Waals surface area contributed by atoms with Crippen LogP contribution in [-0.2, 0) is 16.6 Å². The number of likely N-dealkylation sites (tertiary alicyclic amines) is 1. The van der Waals surface area contributed by atoms with Crippen LogP contribution in [0.15, 0.2) is 53.4 Å². The molecule has 1 atom stereocenters. The molecule has 1 heterocycles. The first kappa shape index (κ1) is 18.3. The number of rotatable bonds is 5. The lowest BCUT2D eigenvalue weighted by atomic mass is 10.1. The van der Waals surface area contributed by atoms with Crippen LogP contribution in [0.4, 0.5) is 4.39 Å². The van der Waals surface area contributed by atoms with Crippen LogP contribution in [-0.4, -0.2) is 32.4 Å². The number of benzene rings is 2. The third-order valence-corrected chi connectivity index (χ3v) is 6.11. The minimum atomic E-state index is -3.95. The number of sulfonamides is 1. The highest BCUT2D eigenvalue weighted by Gasteiger charge is 2.27. The average Bonchev–Trinajstić information content (AvgIpc) is 2.58. The van der Waals surface area contributed by atoms with Gasteiger partial charge < -0.3 is 0 Å². The van der Waals surface area contributed by atoms with E-state index < -0.39 is 20.7 Å². The standard InChI is InChI=1S/C18H20ClFN2O2S/c19-16-9-4-10-17(18(16)20)25(23,24)21-15-8-5-11-22(13-15)12-14-6-2-1-3-7-14/h1-4,6-7,9-10,15,21H,5,8,11-13H2/t15-/m0/s1. The van der Waals surface area contributed by atoms with Crippen LogP contribution in [0.3, 0.4) is 0 Å². The van der Waals surface area contributed by atoms with Gasteiger partial charge in [0.2, 0.25) is 10.0 Å². The number of nitrogens with one attached hydrogen (secondary N) is 1. The molecule has 0 unspecified atom stereocenters. The fourth-order valence-electron chi connectivity index (χ4n) is 3.11. The van der Waals surface area contributed by atoms with Crippen molar-refractivity contribution in [3.05, 3.63) is 64.9 Å². The van der Waals surface area contributed by atoms with E-state index in [9.17, 15) is 12.8 Å². The highest BCUT2D eigenvalue weighted by atomic mass is 35.5. The number of hydrogen-bond acceptors (Lipinski definition) is 3. The van der Waals surface area contributed by atoms with Crippen LogP contribution in [0, 0.1) is 5.82 Å². The molecule has 4 nitrogen and oxygen atoms in total. The van der Waals surface area contributed by atoms with Crippen molar-refractivity contribution in [3.63, 3.8) is 0 Å². The number of hydrogen-bond donors (Lipinski definition) is 1. The smallest absolute Gasteiger partial charge is 0.243 e. The van der Waals surface area contributed by atoms with Crippen LogP contribution >= 0.6 is 11.6 Å². The van der Waals surface area contributed by atoms with Gasteiger partial charge in [0.25, 0.3) is 0 Å². The van der Waals surface area contributed by atoms with Gasteiger partial charge in [-0.15, -0.1) is 0 Å². The Labute approximate surface area is 152 Å². The van der Waals surface area contributed by atoms with Crippen molar-refractivity contribution in [2.24, 2.45) is 0 Å². The molecule has 0 spiro atoms. The molecule has 1 aliphatic heterocycles. The summed E-state index contributed by atoms with van der Waals surface area (Å²) in [5, 5.41) is -0.197. The fraction of sp³-hybridized carbons (Fsp3) is 0.333. The quantitative estimate of drug-likeness (QED) is 0.862. The minimum Gasteiger partial charge on any atom is -0.298 e. The molecule has 25 heavy (non-hydrogen) atoms. The molecule has 0 bridgehead atoms. The molecular formula is C18H20ClFN2O2S. The van der Waals surface area contributed by atoms with E-state index in [1.54, 1.807) is 0 Å². The summed E-state index contributed by atoms with van der Waals surface area (Å²) in [5.74, 6) is -0.909. The molecule has 134 valence electrons. The van der Waals surface area contributed by atoms with Crippen molar-refractivity contribution in [3.8, 4) is 0 Å². The molecule has 2 aromatic carbocycles. The third-order valence-electron chi connectivity index (χ3n) is 4.28. The largest absolute Gasteiger partial charge is 0.298 e. The second-order valence-electron chi connectivity index (χ2n) is 6.23. The molecule has 0 radical (unpaired) electrons. The van der Waals surface area contributed by atoms with Gasteiger partial charge in [-0.3, -0.25) is 4.90 Å². The Kier molecular flexibility index (Phi) is 5.74. The van der Waals surface area contributed by atoms with E-state index in [1.165, 1.54) is 23.8 Å². The molecule has 7 heteroatoms. The first-order chi connectivity index (χ1) is 12.0. The summed E-state index contributed by atoms with van der Waals surface area (Å²) in [5.41, 5.74) is 1.19. The predicted octanol–water partition coefficient (Wildman–Crippen LogP) is 3.42. The van der Waals surface area contributed by atoms with E-state index >= 15 is 0 Å². The van der Waals surface area contributed by atoms with Crippen molar-refractivity contribution in [1.29, 1.82) is 0 Å². The van der Waals surface area contributed by atoms with E-state index in [0.717, 1.165) is 25.9 Å². The lowest BCUT2D eigenvalue weighted by Crippen LogP contribution is -2.47. The highest BCUT2D eigenvalue weighted by Crippen LogP contribution is 2.23. The fourth-order valence-corrected chi connectivity index (χ4v) is 4.70. The van der Waals surface area contributed by atoms with Crippen molar-refractivity contribution >= 4 is 21.6 Å². The van der Waals surface area contributed by atoms with E-state index in [4.69, 9.17) is 11.6 Å². The summed E-state index contributed by atoms with van der Waals surface area (Å²) in [4.78, 5) is 1.81. The Hall–Kier alpha value is -1.47. The van der Waals surface area contributed by atoms with Gasteiger partial charge >= 0.3 is 0 Å². The zero-order valence-corrected chi connectivity index (χ0v) is 15.2. The first-order valence-corrected chi connectivity index (χ1v) is 10.0. The Morgan fingerprint density at radius 2 is 1.92 bits per heavy atom. The van der Waals surface area contributed by atoms with Crippen LogP contribution in [0.1, 0.15) is 18.4 Å². The van der Waals surface area contributed by atoms with Crippen molar-refractivity contribution in [2.75, 3.05) is 13.1 Å². The zero-order chi connectivity index (χ0) is 17.9. The van der Waals surface area contributed by atoms with Crippen LogP contribution in [0.2, 0.25) is 5.02 Å². The van der Waals surface area contributed by atoms with Gasteiger partial charge in [0.15, 0.2) is 5.82 Å². The zero-order valence-electron chi connectivity index (χ0n) is 13.7. The summed E-state index contributed by atoms with van der Waals surface area (Å²) in [6.07, 6.45) is 1.62. The molecule has 2 aromatic rings. The minimum absolute atomic E-state index is 0.197. The molecule has 1 aliphatic rings. The highest BCUT2D eigenvalue weighted by molar-refractivity contribution is 7.89. The van der Waals surface area contributed by atoms with Crippen molar-refractivity contribution in [2.45, 2.75) is 30.3 Å². The third kappa shape index (κ3) is 4.58. The maximum Gasteiger partial charge on any atom is 0.243 e. The lowest BCUT2D eigenvalue weighted by molar-refractivity contribution is 0.194. The second kappa shape index (κ2) is 7.83. The number of halogens is 2. The molecule has 1 N–H and O–H groups in total.